The number of sulfonamides is 1. The highest BCUT2D eigenvalue weighted by atomic mass is 32.2. The summed E-state index contributed by atoms with van der Waals surface area (Å²) in [5.41, 5.74) is 0.280. The van der Waals surface area contributed by atoms with E-state index in [-0.39, 0.29) is 35.1 Å². The first-order chi connectivity index (χ1) is 19.1. The molecule has 0 heterocycles. The number of amides is 2. The first-order valence-corrected chi connectivity index (χ1v) is 14.1. The van der Waals surface area contributed by atoms with Crippen molar-refractivity contribution >= 4 is 33.2 Å². The molecular weight excluding hydrogens is 536 g/mol. The molecule has 11 nitrogen and oxygen atoms in total. The van der Waals surface area contributed by atoms with Gasteiger partial charge in [0, 0.05) is 25.2 Å². The number of nitro groups is 1. The Bertz CT molecular complexity index is 1450. The van der Waals surface area contributed by atoms with E-state index in [0.717, 1.165) is 10.4 Å². The van der Waals surface area contributed by atoms with E-state index in [1.807, 2.05) is 0 Å². The number of benzene rings is 3. The van der Waals surface area contributed by atoms with Crippen LogP contribution in [-0.2, 0) is 26.2 Å². The normalized spacial score (nSPS) is 11.8. The van der Waals surface area contributed by atoms with Gasteiger partial charge in [0.2, 0.25) is 11.8 Å². The van der Waals surface area contributed by atoms with E-state index < -0.39 is 33.4 Å². The topological polar surface area (TPSA) is 139 Å². The average Bonchev–Trinajstić information content (AvgIpc) is 2.96. The standard InChI is InChI=1S/C28H32N4O7S/c1-4-26(28(34)29-5-2)30(19-21-11-9-14-24(17-21)39-3)27(33)20-31(22-12-10-13-23(18-22)32(35)36)40(37,38)25-15-7-6-8-16-25/h6-18,26H,4-5,19-20H2,1-3H3,(H,29,34). The lowest BCUT2D eigenvalue weighted by Crippen LogP contribution is -2.52. The Morgan fingerprint density at radius 3 is 2.33 bits per heavy atom. The number of carbonyl (C=O) groups excluding carboxylic acids is 2. The molecule has 3 aromatic rings. The smallest absolute Gasteiger partial charge is 0.271 e. The molecule has 12 heteroatoms. The molecule has 3 aromatic carbocycles. The van der Waals surface area contributed by atoms with Crippen molar-refractivity contribution in [2.75, 3.05) is 24.5 Å². The average molecular weight is 569 g/mol. The van der Waals surface area contributed by atoms with Gasteiger partial charge in [0.15, 0.2) is 0 Å². The number of anilines is 1. The molecule has 0 saturated carbocycles. The van der Waals surface area contributed by atoms with Crippen LogP contribution in [0.1, 0.15) is 25.8 Å². The molecule has 0 spiro atoms. The van der Waals surface area contributed by atoms with E-state index in [1.165, 1.54) is 54.5 Å². The summed E-state index contributed by atoms with van der Waals surface area (Å²) < 4.78 is 33.7. The van der Waals surface area contributed by atoms with E-state index >= 15 is 0 Å². The summed E-state index contributed by atoms with van der Waals surface area (Å²) in [6, 6.07) is 18.6. The van der Waals surface area contributed by atoms with Crippen molar-refractivity contribution in [2.45, 2.75) is 37.8 Å². The molecule has 40 heavy (non-hydrogen) atoms. The summed E-state index contributed by atoms with van der Waals surface area (Å²) >= 11 is 0. The third kappa shape index (κ3) is 7.14. The fourth-order valence-corrected chi connectivity index (χ4v) is 5.62. The van der Waals surface area contributed by atoms with Gasteiger partial charge in [-0.05, 0) is 49.2 Å². The number of rotatable bonds is 13. The van der Waals surface area contributed by atoms with E-state index in [9.17, 15) is 28.1 Å². The van der Waals surface area contributed by atoms with Crippen LogP contribution < -0.4 is 14.4 Å². The number of nitrogens with one attached hydrogen (secondary N) is 1. The van der Waals surface area contributed by atoms with Gasteiger partial charge in [0.25, 0.3) is 15.7 Å². The Morgan fingerprint density at radius 2 is 1.70 bits per heavy atom. The van der Waals surface area contributed by atoms with Crippen LogP contribution in [0.5, 0.6) is 5.75 Å². The zero-order chi connectivity index (χ0) is 29.3. The molecule has 3 rings (SSSR count). The minimum atomic E-state index is -4.33. The molecule has 0 radical (unpaired) electrons. The Hall–Kier alpha value is -4.45. The summed E-state index contributed by atoms with van der Waals surface area (Å²) in [7, 11) is -2.82. The molecule has 0 bridgehead atoms. The van der Waals surface area contributed by atoms with Gasteiger partial charge < -0.3 is 15.0 Å². The second kappa shape index (κ2) is 13.6. The van der Waals surface area contributed by atoms with Gasteiger partial charge >= 0.3 is 0 Å². The molecule has 1 atom stereocenters. The molecule has 0 aliphatic rings. The zero-order valence-corrected chi connectivity index (χ0v) is 23.3. The number of non-ortho nitro benzene ring substituents is 1. The molecule has 0 aliphatic carbocycles. The first-order valence-electron chi connectivity index (χ1n) is 12.6. The molecule has 1 unspecified atom stereocenters. The first kappa shape index (κ1) is 30.1. The minimum Gasteiger partial charge on any atom is -0.497 e. The maximum Gasteiger partial charge on any atom is 0.271 e. The van der Waals surface area contributed by atoms with E-state index in [4.69, 9.17) is 4.74 Å². The molecule has 0 aromatic heterocycles. The highest BCUT2D eigenvalue weighted by molar-refractivity contribution is 7.92. The van der Waals surface area contributed by atoms with Crippen molar-refractivity contribution in [3.63, 3.8) is 0 Å². The molecule has 0 aliphatic heterocycles. The number of methoxy groups -OCH3 is 1. The van der Waals surface area contributed by atoms with Crippen molar-refractivity contribution in [3.05, 3.63) is 94.5 Å². The highest BCUT2D eigenvalue weighted by Crippen LogP contribution is 2.28. The van der Waals surface area contributed by atoms with Gasteiger partial charge in [-0.1, -0.05) is 43.3 Å². The molecule has 1 N–H and O–H groups in total. The van der Waals surface area contributed by atoms with Crippen molar-refractivity contribution in [1.29, 1.82) is 0 Å². The summed E-state index contributed by atoms with van der Waals surface area (Å²) in [5.74, 6) is -0.484. The SMILES string of the molecule is CCNC(=O)C(CC)N(Cc1cccc(OC)c1)C(=O)CN(c1cccc([N+](=O)[O-])c1)S(=O)(=O)c1ccccc1. The van der Waals surface area contributed by atoms with Crippen molar-refractivity contribution in [1.82, 2.24) is 10.2 Å². The highest BCUT2D eigenvalue weighted by Gasteiger charge is 2.34. The maximum absolute atomic E-state index is 14.0. The van der Waals surface area contributed by atoms with Crippen LogP contribution in [-0.4, -0.2) is 56.3 Å². The Labute approximate surface area is 233 Å². The van der Waals surface area contributed by atoms with Crippen LogP contribution in [0, 0.1) is 10.1 Å². The lowest BCUT2D eigenvalue weighted by molar-refractivity contribution is -0.384. The Morgan fingerprint density at radius 1 is 1.00 bits per heavy atom. The van der Waals surface area contributed by atoms with Crippen LogP contribution in [0.4, 0.5) is 11.4 Å². The van der Waals surface area contributed by atoms with Gasteiger partial charge in [-0.2, -0.15) is 0 Å². The number of nitrogens with zero attached hydrogens (tertiary/aromatic N) is 3. The molecule has 0 fully saturated rings. The molecule has 2 amide bonds. The third-order valence-corrected chi connectivity index (χ3v) is 7.95. The van der Waals surface area contributed by atoms with Crippen molar-refractivity contribution in [3.8, 4) is 5.75 Å². The van der Waals surface area contributed by atoms with Crippen LogP contribution in [0.25, 0.3) is 0 Å². The lowest BCUT2D eigenvalue weighted by Gasteiger charge is -2.33. The van der Waals surface area contributed by atoms with Gasteiger partial charge in [-0.25, -0.2) is 8.42 Å². The summed E-state index contributed by atoms with van der Waals surface area (Å²) in [6.45, 7) is 3.16. The Kier molecular flexibility index (Phi) is 10.2. The second-order valence-corrected chi connectivity index (χ2v) is 10.7. The number of hydrogen-bond acceptors (Lipinski definition) is 7. The van der Waals surface area contributed by atoms with Gasteiger partial charge in [-0.3, -0.25) is 24.0 Å². The number of likely N-dealkylation sites (N-methyl/N-ethyl adjacent to an activating group) is 1. The quantitative estimate of drug-likeness (QED) is 0.245. The monoisotopic (exact) mass is 568 g/mol. The summed E-state index contributed by atoms with van der Waals surface area (Å²) in [6.07, 6.45) is 0.268. The number of nitro benzene ring substituents is 1. The van der Waals surface area contributed by atoms with Crippen LogP contribution >= 0.6 is 0 Å². The zero-order valence-electron chi connectivity index (χ0n) is 22.5. The van der Waals surface area contributed by atoms with Crippen LogP contribution in [0.2, 0.25) is 0 Å². The van der Waals surface area contributed by atoms with E-state index in [2.05, 4.69) is 5.32 Å². The second-order valence-electron chi connectivity index (χ2n) is 8.79. The van der Waals surface area contributed by atoms with Crippen LogP contribution in [0.3, 0.4) is 0 Å². The van der Waals surface area contributed by atoms with E-state index in [1.54, 1.807) is 44.2 Å². The molecule has 0 saturated heterocycles. The summed E-state index contributed by atoms with van der Waals surface area (Å²) in [5, 5.41) is 14.2. The molecule has 212 valence electrons. The predicted octanol–water partition coefficient (Wildman–Crippen LogP) is 3.74. The lowest BCUT2D eigenvalue weighted by atomic mass is 10.1. The minimum absolute atomic E-state index is 0.000162. The number of ether oxygens (including phenoxy) is 1. The van der Waals surface area contributed by atoms with E-state index in [0.29, 0.717) is 17.9 Å². The van der Waals surface area contributed by atoms with Gasteiger partial charge in [0.05, 0.1) is 22.6 Å². The fourth-order valence-electron chi connectivity index (χ4n) is 4.19. The Balaban J connectivity index is 2.10. The van der Waals surface area contributed by atoms with Gasteiger partial charge in [-0.15, -0.1) is 0 Å². The fraction of sp³-hybridized carbons (Fsp3) is 0.286. The van der Waals surface area contributed by atoms with Crippen LogP contribution in [0.15, 0.2) is 83.8 Å². The van der Waals surface area contributed by atoms with Crippen molar-refractivity contribution in [2.24, 2.45) is 0 Å². The maximum atomic E-state index is 14.0. The third-order valence-electron chi connectivity index (χ3n) is 6.16. The number of carbonyl (C=O) groups is 2. The summed E-state index contributed by atoms with van der Waals surface area (Å²) in [4.78, 5) is 39.0. The molecular formula is C28H32N4O7S. The van der Waals surface area contributed by atoms with Gasteiger partial charge in [0.1, 0.15) is 18.3 Å². The largest absolute Gasteiger partial charge is 0.497 e. The van der Waals surface area contributed by atoms with Crippen molar-refractivity contribution < 1.29 is 27.7 Å². The predicted molar refractivity (Wildman–Crippen MR) is 150 cm³/mol. The number of hydrogen-bond donors (Lipinski definition) is 1.